The minimum absolute atomic E-state index is 0.0177. The smallest absolute Gasteiger partial charge is 0.280 e. The number of hydrogen-bond acceptors (Lipinski definition) is 9. The van der Waals surface area contributed by atoms with Crippen molar-refractivity contribution in [2.45, 2.75) is 24.3 Å². The van der Waals surface area contributed by atoms with Gasteiger partial charge in [-0.3, -0.25) is 14.9 Å². The molecule has 1 aromatic heterocycles. The van der Waals surface area contributed by atoms with Gasteiger partial charge in [-0.25, -0.2) is 13.4 Å². The molecule has 0 saturated carbocycles. The normalized spacial score (nSPS) is 16.6. The number of nitrogens with zero attached hydrogens (tertiary/aromatic N) is 2. The highest BCUT2D eigenvalue weighted by Gasteiger charge is 2.22. The Morgan fingerprint density at radius 1 is 1.34 bits per heavy atom. The second kappa shape index (κ2) is 10.6. The lowest BCUT2D eigenvalue weighted by atomic mass is 10.1. The van der Waals surface area contributed by atoms with Crippen molar-refractivity contribution in [3.05, 3.63) is 41.2 Å². The highest BCUT2D eigenvalue weighted by Crippen LogP contribution is 2.18. The standard InChI is InChI=1S/C19H21FN4O6S2/c1-12(25)21-7-9-32(27,28)15-4-2-13(3-5-15)17(24-30-14-6-8-29-11-14)18(26)23-19-22-10-16(20)31-19/h2-5,10,14H,6-9,11H2,1H3,(H,21,25)(H,22,23,26)/b24-17+/t14-/m1/s1. The summed E-state index contributed by atoms with van der Waals surface area (Å²) in [5.74, 6) is -1.29. The fraction of sp³-hybridized carbons (Fsp3) is 0.368. The Morgan fingerprint density at radius 3 is 2.69 bits per heavy atom. The highest BCUT2D eigenvalue weighted by molar-refractivity contribution is 7.91. The third-order valence-electron chi connectivity index (χ3n) is 4.33. The number of thiazole rings is 1. The zero-order valence-electron chi connectivity index (χ0n) is 17.0. The molecule has 1 aromatic carbocycles. The molecule has 1 atom stereocenters. The molecular weight excluding hydrogens is 463 g/mol. The molecule has 0 aliphatic carbocycles. The first-order chi connectivity index (χ1) is 15.2. The van der Waals surface area contributed by atoms with Crippen molar-refractivity contribution in [1.29, 1.82) is 0 Å². The quantitative estimate of drug-likeness (QED) is 0.405. The van der Waals surface area contributed by atoms with E-state index in [1.165, 1.54) is 31.2 Å². The Morgan fingerprint density at radius 2 is 2.09 bits per heavy atom. The van der Waals surface area contributed by atoms with E-state index in [9.17, 15) is 22.4 Å². The Bertz CT molecular complexity index is 1100. The Kier molecular flexibility index (Phi) is 7.88. The lowest BCUT2D eigenvalue weighted by Gasteiger charge is -2.10. The minimum atomic E-state index is -3.64. The molecule has 2 amide bonds. The van der Waals surface area contributed by atoms with E-state index < -0.39 is 20.9 Å². The van der Waals surface area contributed by atoms with E-state index >= 15 is 0 Å². The zero-order chi connectivity index (χ0) is 23.1. The van der Waals surface area contributed by atoms with Crippen molar-refractivity contribution in [3.63, 3.8) is 0 Å². The van der Waals surface area contributed by atoms with Crippen LogP contribution in [0.3, 0.4) is 0 Å². The molecule has 2 aromatic rings. The molecule has 1 aliphatic heterocycles. The molecule has 13 heteroatoms. The number of carbonyl (C=O) groups excluding carboxylic acids is 2. The summed E-state index contributed by atoms with van der Waals surface area (Å²) in [7, 11) is -3.64. The number of nitrogens with one attached hydrogen (secondary N) is 2. The Hall–Kier alpha value is -2.90. The molecule has 0 unspecified atom stereocenters. The van der Waals surface area contributed by atoms with Gasteiger partial charge in [-0.2, -0.15) is 4.39 Å². The van der Waals surface area contributed by atoms with Gasteiger partial charge in [-0.05, 0) is 12.1 Å². The van der Waals surface area contributed by atoms with Gasteiger partial charge >= 0.3 is 0 Å². The number of rotatable bonds is 9. The topological polar surface area (TPSA) is 136 Å². The molecule has 32 heavy (non-hydrogen) atoms. The first-order valence-electron chi connectivity index (χ1n) is 9.56. The molecular formula is C19H21FN4O6S2. The van der Waals surface area contributed by atoms with Crippen molar-refractivity contribution < 1.29 is 32.0 Å². The predicted octanol–water partition coefficient (Wildman–Crippen LogP) is 1.34. The van der Waals surface area contributed by atoms with Gasteiger partial charge in [0, 0.05) is 25.5 Å². The number of anilines is 1. The molecule has 2 N–H and O–H groups in total. The molecule has 0 spiro atoms. The number of benzene rings is 1. The fourth-order valence-corrected chi connectivity index (χ4v) is 4.41. The summed E-state index contributed by atoms with van der Waals surface area (Å²) >= 11 is 0.653. The lowest BCUT2D eigenvalue weighted by molar-refractivity contribution is -0.118. The SMILES string of the molecule is CC(=O)NCCS(=O)(=O)c1ccc(/C(=N\O[C@@H]2CCOC2)C(=O)Nc2ncc(F)s2)cc1. The third-order valence-corrected chi connectivity index (χ3v) is 6.76. The minimum Gasteiger partial charge on any atom is -0.389 e. The number of oxime groups is 1. The molecule has 1 fully saturated rings. The zero-order valence-corrected chi connectivity index (χ0v) is 18.7. The second-order valence-electron chi connectivity index (χ2n) is 6.78. The van der Waals surface area contributed by atoms with E-state index in [4.69, 9.17) is 9.57 Å². The summed E-state index contributed by atoms with van der Waals surface area (Å²) in [5, 5.41) is 8.31. The third kappa shape index (κ3) is 6.55. The molecule has 1 saturated heterocycles. The number of carbonyl (C=O) groups is 2. The van der Waals surface area contributed by atoms with E-state index in [2.05, 4.69) is 20.8 Å². The maximum atomic E-state index is 13.2. The van der Waals surface area contributed by atoms with Crippen LogP contribution in [0.5, 0.6) is 0 Å². The molecule has 172 valence electrons. The van der Waals surface area contributed by atoms with E-state index in [0.29, 0.717) is 36.5 Å². The van der Waals surface area contributed by atoms with Crippen LogP contribution in [0.4, 0.5) is 9.52 Å². The molecule has 0 radical (unpaired) electrons. The maximum Gasteiger partial charge on any atom is 0.280 e. The van der Waals surface area contributed by atoms with Gasteiger partial charge < -0.3 is 14.9 Å². The Balaban J connectivity index is 1.79. The van der Waals surface area contributed by atoms with E-state index in [1.807, 2.05) is 0 Å². The van der Waals surface area contributed by atoms with Crippen molar-refractivity contribution in [1.82, 2.24) is 10.3 Å². The number of halogens is 1. The fourth-order valence-electron chi connectivity index (χ4n) is 2.72. The van der Waals surface area contributed by atoms with Crippen LogP contribution in [0.1, 0.15) is 18.9 Å². The largest absolute Gasteiger partial charge is 0.389 e. The summed E-state index contributed by atoms with van der Waals surface area (Å²) < 4.78 is 43.3. The van der Waals surface area contributed by atoms with Gasteiger partial charge in [0.1, 0.15) is 0 Å². The van der Waals surface area contributed by atoms with E-state index in [0.717, 1.165) is 6.20 Å². The number of aromatic nitrogens is 1. The van der Waals surface area contributed by atoms with Crippen LogP contribution in [0.15, 0.2) is 40.5 Å². The van der Waals surface area contributed by atoms with Crippen LogP contribution in [0, 0.1) is 5.13 Å². The van der Waals surface area contributed by atoms with Crippen LogP contribution < -0.4 is 10.6 Å². The highest BCUT2D eigenvalue weighted by atomic mass is 32.2. The number of ether oxygens (including phenoxy) is 1. The molecule has 1 aliphatic rings. The predicted molar refractivity (Wildman–Crippen MR) is 115 cm³/mol. The summed E-state index contributed by atoms with van der Waals surface area (Å²) in [6.07, 6.45) is 1.27. The second-order valence-corrected chi connectivity index (χ2v) is 9.87. The summed E-state index contributed by atoms with van der Waals surface area (Å²) in [4.78, 5) is 32.9. The lowest BCUT2D eigenvalue weighted by Crippen LogP contribution is -2.27. The van der Waals surface area contributed by atoms with Gasteiger partial charge in [0.25, 0.3) is 5.91 Å². The number of sulfone groups is 1. The van der Waals surface area contributed by atoms with Crippen LogP contribution in [-0.2, 0) is 29.0 Å². The molecule has 3 rings (SSSR count). The number of amides is 2. The van der Waals surface area contributed by atoms with Crippen molar-refractivity contribution in [3.8, 4) is 0 Å². The maximum absolute atomic E-state index is 13.2. The van der Waals surface area contributed by atoms with Gasteiger partial charge in [0.15, 0.2) is 31.9 Å². The van der Waals surface area contributed by atoms with Gasteiger partial charge in [0.05, 0.1) is 30.1 Å². The monoisotopic (exact) mass is 484 g/mol. The first-order valence-corrected chi connectivity index (χ1v) is 12.0. The van der Waals surface area contributed by atoms with E-state index in [1.54, 1.807) is 0 Å². The summed E-state index contributed by atoms with van der Waals surface area (Å²) in [6.45, 7) is 2.14. The average molecular weight is 485 g/mol. The van der Waals surface area contributed by atoms with Crippen molar-refractivity contribution in [2.24, 2.45) is 5.16 Å². The molecule has 10 nitrogen and oxygen atoms in total. The van der Waals surface area contributed by atoms with Gasteiger partial charge in [0.2, 0.25) is 5.91 Å². The molecule has 0 bridgehead atoms. The van der Waals surface area contributed by atoms with Crippen LogP contribution in [-0.4, -0.2) is 62.5 Å². The summed E-state index contributed by atoms with van der Waals surface area (Å²) in [6, 6.07) is 5.51. The first kappa shape index (κ1) is 23.8. The van der Waals surface area contributed by atoms with Crippen molar-refractivity contribution in [2.75, 3.05) is 30.8 Å². The van der Waals surface area contributed by atoms with Gasteiger partial charge in [-0.15, -0.1) is 0 Å². The van der Waals surface area contributed by atoms with E-state index in [-0.39, 0.29) is 40.0 Å². The van der Waals surface area contributed by atoms with Crippen LogP contribution in [0.25, 0.3) is 0 Å². The average Bonchev–Trinajstić information content (AvgIpc) is 3.40. The van der Waals surface area contributed by atoms with Crippen molar-refractivity contribution >= 4 is 43.8 Å². The number of hydrogen-bond donors (Lipinski definition) is 2. The van der Waals surface area contributed by atoms with Gasteiger partial charge in [-0.1, -0.05) is 28.6 Å². The molecule has 2 heterocycles. The van der Waals surface area contributed by atoms with Crippen LogP contribution in [0.2, 0.25) is 0 Å². The Labute approximate surface area is 187 Å². The summed E-state index contributed by atoms with van der Waals surface area (Å²) in [5.41, 5.74) is 0.161. The van der Waals surface area contributed by atoms with Crippen LogP contribution >= 0.6 is 11.3 Å².